The van der Waals surface area contributed by atoms with Gasteiger partial charge in [-0.1, -0.05) is 6.07 Å². The van der Waals surface area contributed by atoms with Gasteiger partial charge in [0, 0.05) is 19.2 Å². The molecule has 0 fully saturated rings. The van der Waals surface area contributed by atoms with E-state index in [0.717, 1.165) is 0 Å². The highest BCUT2D eigenvalue weighted by atomic mass is 19.1. The molecule has 0 saturated carbocycles. The molecule has 0 aliphatic heterocycles. The predicted molar refractivity (Wildman–Crippen MR) is 64.6 cm³/mol. The van der Waals surface area contributed by atoms with Gasteiger partial charge in [-0.05, 0) is 32.4 Å². The fourth-order valence-corrected chi connectivity index (χ4v) is 1.48. The van der Waals surface area contributed by atoms with E-state index in [0.29, 0.717) is 24.4 Å². The molecule has 1 aromatic carbocycles. The third-order valence-corrected chi connectivity index (χ3v) is 2.62. The molecule has 0 aromatic heterocycles. The monoisotopic (exact) mass is 239 g/mol. The number of halogens is 1. The van der Waals surface area contributed by atoms with Crippen LogP contribution in [0.2, 0.25) is 0 Å². The van der Waals surface area contributed by atoms with Gasteiger partial charge in [0.15, 0.2) is 6.61 Å². The first-order valence-corrected chi connectivity index (χ1v) is 5.75. The molecule has 0 radical (unpaired) electrons. The fraction of sp³-hybridized carbons (Fsp3) is 0.462. The zero-order chi connectivity index (χ0) is 12.8. The molecule has 0 saturated heterocycles. The Balaban J connectivity index is 2.55. The van der Waals surface area contributed by atoms with Crippen molar-refractivity contribution in [3.63, 3.8) is 0 Å². The van der Waals surface area contributed by atoms with Gasteiger partial charge in [0.1, 0.15) is 11.6 Å². The van der Waals surface area contributed by atoms with E-state index < -0.39 is 0 Å². The molecule has 0 N–H and O–H groups in total. The minimum absolute atomic E-state index is 0.0514. The molecule has 0 unspecified atom stereocenters. The number of hydrogen-bond acceptors (Lipinski definition) is 2. The van der Waals surface area contributed by atoms with Crippen molar-refractivity contribution in [1.29, 1.82) is 0 Å². The number of aryl methyl sites for hydroxylation is 1. The number of carbonyl (C=O) groups is 1. The Morgan fingerprint density at radius 3 is 2.53 bits per heavy atom. The minimum Gasteiger partial charge on any atom is -0.484 e. The molecule has 4 heteroatoms. The van der Waals surface area contributed by atoms with Crippen molar-refractivity contribution in [1.82, 2.24) is 4.90 Å². The number of hydrogen-bond donors (Lipinski definition) is 0. The normalized spacial score (nSPS) is 10.1. The lowest BCUT2D eigenvalue weighted by Crippen LogP contribution is -2.34. The van der Waals surface area contributed by atoms with E-state index >= 15 is 0 Å². The average Bonchev–Trinajstić information content (AvgIpc) is 2.32. The van der Waals surface area contributed by atoms with Gasteiger partial charge < -0.3 is 9.64 Å². The zero-order valence-corrected chi connectivity index (χ0v) is 10.5. The number of rotatable bonds is 5. The molecule has 94 valence electrons. The number of carbonyl (C=O) groups excluding carboxylic acids is 1. The zero-order valence-electron chi connectivity index (χ0n) is 10.5. The van der Waals surface area contributed by atoms with Crippen molar-refractivity contribution in [2.75, 3.05) is 19.7 Å². The molecule has 0 spiro atoms. The van der Waals surface area contributed by atoms with Crippen LogP contribution < -0.4 is 4.74 Å². The van der Waals surface area contributed by atoms with Crippen molar-refractivity contribution >= 4 is 5.91 Å². The Labute approximate surface area is 101 Å². The summed E-state index contributed by atoms with van der Waals surface area (Å²) in [6.07, 6.45) is 0. The highest BCUT2D eigenvalue weighted by molar-refractivity contribution is 5.77. The number of benzene rings is 1. The van der Waals surface area contributed by atoms with Crippen LogP contribution in [0.5, 0.6) is 5.75 Å². The maximum absolute atomic E-state index is 13.2. The van der Waals surface area contributed by atoms with E-state index in [1.807, 2.05) is 13.8 Å². The molecule has 0 bridgehead atoms. The maximum Gasteiger partial charge on any atom is 0.260 e. The molecule has 1 rings (SSSR count). The highest BCUT2D eigenvalue weighted by Gasteiger charge is 2.10. The standard InChI is InChI=1S/C13H18FNO2/c1-4-15(5-2)13(16)9-17-11-7-6-10(3)12(14)8-11/h6-8H,4-5,9H2,1-3H3. The minimum atomic E-state index is -0.321. The molecular formula is C13H18FNO2. The summed E-state index contributed by atoms with van der Waals surface area (Å²) < 4.78 is 18.5. The summed E-state index contributed by atoms with van der Waals surface area (Å²) in [7, 11) is 0. The first-order chi connectivity index (χ1) is 8.08. The smallest absolute Gasteiger partial charge is 0.260 e. The summed E-state index contributed by atoms with van der Waals surface area (Å²) in [6.45, 7) is 6.76. The SMILES string of the molecule is CCN(CC)C(=O)COc1ccc(C)c(F)c1. The summed E-state index contributed by atoms with van der Waals surface area (Å²) >= 11 is 0. The highest BCUT2D eigenvalue weighted by Crippen LogP contribution is 2.15. The molecule has 1 aromatic rings. The third-order valence-electron chi connectivity index (χ3n) is 2.62. The van der Waals surface area contributed by atoms with Gasteiger partial charge >= 0.3 is 0 Å². The quantitative estimate of drug-likeness (QED) is 0.789. The van der Waals surface area contributed by atoms with Gasteiger partial charge in [0.05, 0.1) is 0 Å². The fourth-order valence-electron chi connectivity index (χ4n) is 1.48. The molecule has 3 nitrogen and oxygen atoms in total. The van der Waals surface area contributed by atoms with Crippen LogP contribution in [-0.4, -0.2) is 30.5 Å². The second-order valence-electron chi connectivity index (χ2n) is 3.77. The largest absolute Gasteiger partial charge is 0.484 e. The molecule has 1 amide bonds. The van der Waals surface area contributed by atoms with E-state index in [1.165, 1.54) is 6.07 Å². The van der Waals surface area contributed by atoms with Gasteiger partial charge in [0.25, 0.3) is 5.91 Å². The lowest BCUT2D eigenvalue weighted by molar-refractivity contribution is -0.132. The third kappa shape index (κ3) is 3.73. The Hall–Kier alpha value is -1.58. The van der Waals surface area contributed by atoms with Gasteiger partial charge in [-0.25, -0.2) is 4.39 Å². The van der Waals surface area contributed by atoms with Crippen LogP contribution in [-0.2, 0) is 4.79 Å². The van der Waals surface area contributed by atoms with Crippen LogP contribution in [0.3, 0.4) is 0 Å². The summed E-state index contributed by atoms with van der Waals surface area (Å²) in [5.74, 6) is -0.0256. The van der Waals surface area contributed by atoms with Crippen molar-refractivity contribution in [2.45, 2.75) is 20.8 Å². The summed E-state index contributed by atoms with van der Waals surface area (Å²) in [5, 5.41) is 0. The van der Waals surface area contributed by atoms with Crippen molar-refractivity contribution in [2.24, 2.45) is 0 Å². The second-order valence-corrected chi connectivity index (χ2v) is 3.77. The molecule has 17 heavy (non-hydrogen) atoms. The second kappa shape index (κ2) is 6.23. The molecule has 0 atom stereocenters. The molecular weight excluding hydrogens is 221 g/mol. The predicted octanol–water partition coefficient (Wildman–Crippen LogP) is 2.38. The van der Waals surface area contributed by atoms with Gasteiger partial charge in [-0.15, -0.1) is 0 Å². The van der Waals surface area contributed by atoms with Crippen LogP contribution in [0.4, 0.5) is 4.39 Å². The number of nitrogens with zero attached hydrogens (tertiary/aromatic N) is 1. The van der Waals surface area contributed by atoms with E-state index in [4.69, 9.17) is 4.74 Å². The van der Waals surface area contributed by atoms with Crippen LogP contribution in [0.25, 0.3) is 0 Å². The molecule has 0 aliphatic carbocycles. The Kier molecular flexibility index (Phi) is 4.94. The Morgan fingerprint density at radius 1 is 1.35 bits per heavy atom. The van der Waals surface area contributed by atoms with Gasteiger partial charge in [-0.2, -0.15) is 0 Å². The van der Waals surface area contributed by atoms with E-state index in [1.54, 1.807) is 24.0 Å². The van der Waals surface area contributed by atoms with Gasteiger partial charge in [0.2, 0.25) is 0 Å². The van der Waals surface area contributed by atoms with Gasteiger partial charge in [-0.3, -0.25) is 4.79 Å². The van der Waals surface area contributed by atoms with Crippen LogP contribution >= 0.6 is 0 Å². The van der Waals surface area contributed by atoms with Crippen molar-refractivity contribution < 1.29 is 13.9 Å². The maximum atomic E-state index is 13.2. The van der Waals surface area contributed by atoms with Crippen LogP contribution in [0.1, 0.15) is 19.4 Å². The summed E-state index contributed by atoms with van der Waals surface area (Å²) in [5.41, 5.74) is 0.562. The molecule has 0 aliphatic rings. The Morgan fingerprint density at radius 2 is 2.00 bits per heavy atom. The van der Waals surface area contributed by atoms with E-state index in [9.17, 15) is 9.18 Å². The number of amides is 1. The first-order valence-electron chi connectivity index (χ1n) is 5.75. The summed E-state index contributed by atoms with van der Waals surface area (Å²) in [6, 6.07) is 4.59. The first kappa shape index (κ1) is 13.5. The lowest BCUT2D eigenvalue weighted by Gasteiger charge is -2.18. The van der Waals surface area contributed by atoms with E-state index in [2.05, 4.69) is 0 Å². The molecule has 0 heterocycles. The van der Waals surface area contributed by atoms with Crippen LogP contribution in [0.15, 0.2) is 18.2 Å². The lowest BCUT2D eigenvalue weighted by atomic mass is 10.2. The Bertz CT molecular complexity index is 389. The topological polar surface area (TPSA) is 29.5 Å². The van der Waals surface area contributed by atoms with E-state index in [-0.39, 0.29) is 18.3 Å². The van der Waals surface area contributed by atoms with Crippen molar-refractivity contribution in [3.05, 3.63) is 29.6 Å². The number of ether oxygens (including phenoxy) is 1. The summed E-state index contributed by atoms with van der Waals surface area (Å²) in [4.78, 5) is 13.3. The average molecular weight is 239 g/mol. The number of likely N-dealkylation sites (N-methyl/N-ethyl adjacent to an activating group) is 1. The van der Waals surface area contributed by atoms with Crippen molar-refractivity contribution in [3.8, 4) is 5.75 Å². The van der Waals surface area contributed by atoms with Crippen LogP contribution in [0, 0.1) is 12.7 Å².